The molecule has 0 atom stereocenters. The van der Waals surface area contributed by atoms with Crippen molar-refractivity contribution in [2.75, 3.05) is 24.5 Å². The van der Waals surface area contributed by atoms with Gasteiger partial charge in [-0.1, -0.05) is 0 Å². The Morgan fingerprint density at radius 3 is 2.82 bits per heavy atom. The first-order valence-corrected chi connectivity index (χ1v) is 5.51. The summed E-state index contributed by atoms with van der Waals surface area (Å²) in [7, 11) is 0. The standard InChI is InChI=1S/C12H15N3O2/c1-8-6-9(2-3-10(8)12(13)17)15-5-4-14-7-11(15)16/h2-3,6,14H,4-5,7H2,1H3,(H2,13,17). The first-order valence-electron chi connectivity index (χ1n) is 5.51. The molecule has 0 spiro atoms. The SMILES string of the molecule is Cc1cc(N2CCNCC2=O)ccc1C(N)=O. The molecule has 5 nitrogen and oxygen atoms in total. The largest absolute Gasteiger partial charge is 0.366 e. The fourth-order valence-electron chi connectivity index (χ4n) is 1.97. The van der Waals surface area contributed by atoms with Crippen molar-refractivity contribution in [2.24, 2.45) is 5.73 Å². The van der Waals surface area contributed by atoms with Crippen molar-refractivity contribution in [3.8, 4) is 0 Å². The van der Waals surface area contributed by atoms with E-state index in [1.807, 2.05) is 13.0 Å². The molecule has 2 amide bonds. The molecule has 1 aromatic rings. The molecule has 1 aliphatic heterocycles. The number of nitrogens with one attached hydrogen (secondary N) is 1. The van der Waals surface area contributed by atoms with Crippen molar-refractivity contribution in [3.63, 3.8) is 0 Å². The molecule has 0 bridgehead atoms. The molecule has 1 aliphatic rings. The molecule has 0 aromatic heterocycles. The summed E-state index contributed by atoms with van der Waals surface area (Å²) in [5.74, 6) is -0.400. The zero-order chi connectivity index (χ0) is 12.4. The molecule has 0 unspecified atom stereocenters. The van der Waals surface area contributed by atoms with Crippen molar-refractivity contribution < 1.29 is 9.59 Å². The van der Waals surface area contributed by atoms with Gasteiger partial charge in [0.1, 0.15) is 0 Å². The van der Waals surface area contributed by atoms with Crippen molar-refractivity contribution in [1.29, 1.82) is 0 Å². The van der Waals surface area contributed by atoms with Crippen LogP contribution in [0.25, 0.3) is 0 Å². The Kier molecular flexibility index (Phi) is 3.10. The molecule has 1 heterocycles. The van der Waals surface area contributed by atoms with Crippen LogP contribution in [-0.2, 0) is 4.79 Å². The zero-order valence-corrected chi connectivity index (χ0v) is 9.69. The van der Waals surface area contributed by atoms with Crippen molar-refractivity contribution in [3.05, 3.63) is 29.3 Å². The maximum absolute atomic E-state index is 11.7. The molecule has 3 N–H and O–H groups in total. The molecular weight excluding hydrogens is 218 g/mol. The summed E-state index contributed by atoms with van der Waals surface area (Å²) in [6, 6.07) is 5.25. The maximum atomic E-state index is 11.7. The molecule has 0 aliphatic carbocycles. The number of amides is 2. The number of anilines is 1. The number of rotatable bonds is 2. The van der Waals surface area contributed by atoms with E-state index >= 15 is 0 Å². The van der Waals surface area contributed by atoms with Gasteiger partial charge in [-0.15, -0.1) is 0 Å². The van der Waals surface area contributed by atoms with Gasteiger partial charge in [0, 0.05) is 24.3 Å². The minimum atomic E-state index is -0.444. The number of benzene rings is 1. The van der Waals surface area contributed by atoms with Crippen LogP contribution in [0.3, 0.4) is 0 Å². The molecule has 1 aromatic carbocycles. The number of nitrogens with two attached hydrogens (primary N) is 1. The molecule has 0 saturated carbocycles. The normalized spacial score (nSPS) is 16.1. The first kappa shape index (κ1) is 11.6. The smallest absolute Gasteiger partial charge is 0.248 e. The van der Waals surface area contributed by atoms with E-state index in [2.05, 4.69) is 5.32 Å². The molecule has 0 radical (unpaired) electrons. The van der Waals surface area contributed by atoms with E-state index in [1.54, 1.807) is 17.0 Å². The van der Waals surface area contributed by atoms with Gasteiger partial charge in [-0.2, -0.15) is 0 Å². The van der Waals surface area contributed by atoms with E-state index < -0.39 is 5.91 Å². The highest BCUT2D eigenvalue weighted by Crippen LogP contribution is 2.19. The van der Waals surface area contributed by atoms with Gasteiger partial charge < -0.3 is 16.0 Å². The maximum Gasteiger partial charge on any atom is 0.248 e. The quantitative estimate of drug-likeness (QED) is 0.756. The Balaban J connectivity index is 2.30. The fraction of sp³-hybridized carbons (Fsp3) is 0.333. The first-order chi connectivity index (χ1) is 8.09. The lowest BCUT2D eigenvalue weighted by molar-refractivity contribution is -0.118. The fourth-order valence-corrected chi connectivity index (χ4v) is 1.97. The summed E-state index contributed by atoms with van der Waals surface area (Å²) in [6.07, 6.45) is 0. The minimum Gasteiger partial charge on any atom is -0.366 e. The lowest BCUT2D eigenvalue weighted by Crippen LogP contribution is -2.48. The average molecular weight is 233 g/mol. The summed E-state index contributed by atoms with van der Waals surface area (Å²) in [5.41, 5.74) is 7.35. The van der Waals surface area contributed by atoms with E-state index in [-0.39, 0.29) is 5.91 Å². The van der Waals surface area contributed by atoms with Crippen LogP contribution in [0.2, 0.25) is 0 Å². The third-order valence-corrected chi connectivity index (χ3v) is 2.88. The van der Waals surface area contributed by atoms with Crippen LogP contribution < -0.4 is 16.0 Å². The summed E-state index contributed by atoms with van der Waals surface area (Å²) in [6.45, 7) is 3.60. The second kappa shape index (κ2) is 4.55. The molecule has 1 saturated heterocycles. The number of aryl methyl sites for hydroxylation is 1. The number of hydrogen-bond donors (Lipinski definition) is 2. The van der Waals surface area contributed by atoms with Gasteiger partial charge in [-0.3, -0.25) is 9.59 Å². The predicted octanol–water partition coefficient (Wildman–Crippen LogP) is 0.0301. The van der Waals surface area contributed by atoms with Crippen molar-refractivity contribution in [1.82, 2.24) is 5.32 Å². The number of nitrogens with zero attached hydrogens (tertiary/aromatic N) is 1. The number of primary amides is 1. The third kappa shape index (κ3) is 2.29. The van der Waals surface area contributed by atoms with E-state index in [1.165, 1.54) is 0 Å². The molecule has 1 fully saturated rings. The van der Waals surface area contributed by atoms with Crippen LogP contribution in [0.1, 0.15) is 15.9 Å². The third-order valence-electron chi connectivity index (χ3n) is 2.88. The highest BCUT2D eigenvalue weighted by Gasteiger charge is 2.19. The van der Waals surface area contributed by atoms with Crippen LogP contribution in [0.4, 0.5) is 5.69 Å². The zero-order valence-electron chi connectivity index (χ0n) is 9.69. The Hall–Kier alpha value is -1.88. The molecular formula is C12H15N3O2. The Morgan fingerprint density at radius 2 is 2.24 bits per heavy atom. The van der Waals surface area contributed by atoms with Crippen molar-refractivity contribution in [2.45, 2.75) is 6.92 Å². The summed E-state index contributed by atoms with van der Waals surface area (Å²) in [4.78, 5) is 24.5. The van der Waals surface area contributed by atoms with Crippen LogP contribution in [0.5, 0.6) is 0 Å². The number of carbonyl (C=O) groups excluding carboxylic acids is 2. The Bertz CT molecular complexity index is 471. The summed E-state index contributed by atoms with van der Waals surface area (Å²) >= 11 is 0. The monoisotopic (exact) mass is 233 g/mol. The average Bonchev–Trinajstić information content (AvgIpc) is 2.29. The Morgan fingerprint density at radius 1 is 1.47 bits per heavy atom. The summed E-state index contributed by atoms with van der Waals surface area (Å²) in [5, 5.41) is 3.01. The lowest BCUT2D eigenvalue weighted by atomic mass is 10.1. The summed E-state index contributed by atoms with van der Waals surface area (Å²) < 4.78 is 0. The van der Waals surface area contributed by atoms with E-state index in [4.69, 9.17) is 5.73 Å². The van der Waals surface area contributed by atoms with Gasteiger partial charge >= 0.3 is 0 Å². The van der Waals surface area contributed by atoms with Gasteiger partial charge in [0.15, 0.2) is 0 Å². The second-order valence-electron chi connectivity index (χ2n) is 4.09. The number of carbonyl (C=O) groups is 2. The van der Waals surface area contributed by atoms with Gasteiger partial charge in [-0.05, 0) is 30.7 Å². The van der Waals surface area contributed by atoms with Gasteiger partial charge in [0.05, 0.1) is 6.54 Å². The highest BCUT2D eigenvalue weighted by molar-refractivity contribution is 5.98. The lowest BCUT2D eigenvalue weighted by Gasteiger charge is -2.27. The molecule has 17 heavy (non-hydrogen) atoms. The minimum absolute atomic E-state index is 0.0440. The van der Waals surface area contributed by atoms with Crippen molar-refractivity contribution >= 4 is 17.5 Å². The van der Waals surface area contributed by atoms with Crippen LogP contribution in [-0.4, -0.2) is 31.4 Å². The van der Waals surface area contributed by atoms with Crippen LogP contribution in [0, 0.1) is 6.92 Å². The van der Waals surface area contributed by atoms with E-state index in [0.717, 1.165) is 17.8 Å². The molecule has 2 rings (SSSR count). The van der Waals surface area contributed by atoms with E-state index in [9.17, 15) is 9.59 Å². The molecule has 5 heteroatoms. The topological polar surface area (TPSA) is 75.4 Å². The van der Waals surface area contributed by atoms with Crippen LogP contribution in [0.15, 0.2) is 18.2 Å². The second-order valence-corrected chi connectivity index (χ2v) is 4.09. The highest BCUT2D eigenvalue weighted by atomic mass is 16.2. The van der Waals surface area contributed by atoms with Gasteiger partial charge in [0.25, 0.3) is 0 Å². The van der Waals surface area contributed by atoms with Crippen LogP contribution >= 0.6 is 0 Å². The Labute approximate surface area is 99.6 Å². The predicted molar refractivity (Wildman–Crippen MR) is 64.9 cm³/mol. The van der Waals surface area contributed by atoms with E-state index in [0.29, 0.717) is 18.7 Å². The van der Waals surface area contributed by atoms with Gasteiger partial charge in [0.2, 0.25) is 11.8 Å². The number of piperazine rings is 1. The number of hydrogen-bond acceptors (Lipinski definition) is 3. The molecule has 90 valence electrons. The van der Waals surface area contributed by atoms with Gasteiger partial charge in [-0.25, -0.2) is 0 Å².